The molecule has 0 aliphatic carbocycles. The molecule has 8 heteroatoms. The van der Waals surface area contributed by atoms with Crippen LogP contribution in [-0.2, 0) is 5.41 Å². The van der Waals surface area contributed by atoms with E-state index in [9.17, 15) is 19.1 Å². The number of benzene rings is 4. The number of carboxylic acid groups (broad SMARTS) is 1. The number of carbonyl (C=O) groups is 2. The average molecular weight is 529 g/mol. The zero-order valence-corrected chi connectivity index (χ0v) is 22.0. The van der Waals surface area contributed by atoms with Crippen LogP contribution in [0.4, 0.5) is 20.6 Å². The molecular formula is C31H29FN2O5. The highest BCUT2D eigenvalue weighted by molar-refractivity contribution is 6.01. The number of methoxy groups -OCH3 is 1. The van der Waals surface area contributed by atoms with E-state index in [1.165, 1.54) is 31.4 Å². The second-order valence-electron chi connectivity index (χ2n) is 9.84. The minimum atomic E-state index is -1.13. The van der Waals surface area contributed by atoms with Crippen molar-refractivity contribution in [3.63, 3.8) is 0 Å². The second-order valence-corrected chi connectivity index (χ2v) is 9.84. The highest BCUT2D eigenvalue weighted by atomic mass is 19.1. The molecule has 4 aromatic rings. The molecule has 0 saturated heterocycles. The fourth-order valence-electron chi connectivity index (χ4n) is 4.08. The van der Waals surface area contributed by atoms with Crippen LogP contribution in [-0.4, -0.2) is 24.2 Å². The molecule has 0 aliphatic heterocycles. The molecule has 39 heavy (non-hydrogen) atoms. The maximum atomic E-state index is 14.1. The van der Waals surface area contributed by atoms with Crippen molar-refractivity contribution >= 4 is 23.4 Å². The summed E-state index contributed by atoms with van der Waals surface area (Å²) in [5.74, 6) is -0.502. The molecule has 0 unspecified atom stereocenters. The van der Waals surface area contributed by atoms with Gasteiger partial charge in [0.15, 0.2) is 5.75 Å². The van der Waals surface area contributed by atoms with Crippen molar-refractivity contribution in [2.24, 2.45) is 0 Å². The SMILES string of the molecule is COc1ccc(-c2ccc(Oc3ccccc3C(C)(C)C)c(NC(=O)Nc3ccccc3F)c2)cc1C(=O)O. The van der Waals surface area contributed by atoms with Crippen molar-refractivity contribution < 1.29 is 28.6 Å². The van der Waals surface area contributed by atoms with Gasteiger partial charge in [0.25, 0.3) is 0 Å². The average Bonchev–Trinajstić information content (AvgIpc) is 2.90. The molecule has 0 spiro atoms. The van der Waals surface area contributed by atoms with E-state index in [-0.39, 0.29) is 22.4 Å². The van der Waals surface area contributed by atoms with Crippen molar-refractivity contribution in [3.8, 4) is 28.4 Å². The van der Waals surface area contributed by atoms with E-state index in [2.05, 4.69) is 31.4 Å². The van der Waals surface area contributed by atoms with E-state index < -0.39 is 17.8 Å². The quantitative estimate of drug-likeness (QED) is 0.226. The maximum absolute atomic E-state index is 14.1. The number of hydrogen-bond acceptors (Lipinski definition) is 4. The van der Waals surface area contributed by atoms with Gasteiger partial charge in [0, 0.05) is 5.56 Å². The van der Waals surface area contributed by atoms with E-state index >= 15 is 0 Å². The lowest BCUT2D eigenvalue weighted by Gasteiger charge is -2.23. The summed E-state index contributed by atoms with van der Waals surface area (Å²) >= 11 is 0. The van der Waals surface area contributed by atoms with Gasteiger partial charge in [-0.25, -0.2) is 14.0 Å². The first-order valence-corrected chi connectivity index (χ1v) is 12.2. The van der Waals surface area contributed by atoms with Gasteiger partial charge in [0.05, 0.1) is 18.5 Å². The Morgan fingerprint density at radius 1 is 0.769 bits per heavy atom. The van der Waals surface area contributed by atoms with Crippen molar-refractivity contribution in [2.45, 2.75) is 26.2 Å². The van der Waals surface area contributed by atoms with Gasteiger partial charge in [-0.3, -0.25) is 0 Å². The monoisotopic (exact) mass is 528 g/mol. The second kappa shape index (κ2) is 11.3. The third-order valence-electron chi connectivity index (χ3n) is 6.03. The molecule has 3 N–H and O–H groups in total. The first-order chi connectivity index (χ1) is 18.6. The van der Waals surface area contributed by atoms with Crippen molar-refractivity contribution in [1.82, 2.24) is 0 Å². The highest BCUT2D eigenvalue weighted by Crippen LogP contribution is 2.39. The molecule has 0 radical (unpaired) electrons. The summed E-state index contributed by atoms with van der Waals surface area (Å²) in [5.41, 5.74) is 2.30. The van der Waals surface area contributed by atoms with Gasteiger partial charge >= 0.3 is 12.0 Å². The third kappa shape index (κ3) is 6.35. The summed E-state index contributed by atoms with van der Waals surface area (Å²) in [5, 5.41) is 14.9. The largest absolute Gasteiger partial charge is 0.496 e. The molecule has 0 saturated carbocycles. The van der Waals surface area contributed by atoms with Gasteiger partial charge in [0.1, 0.15) is 22.9 Å². The number of hydrogen-bond donors (Lipinski definition) is 3. The molecule has 2 amide bonds. The van der Waals surface area contributed by atoms with Crippen LogP contribution in [0, 0.1) is 5.82 Å². The van der Waals surface area contributed by atoms with Gasteiger partial charge in [-0.15, -0.1) is 0 Å². The molecule has 0 bridgehead atoms. The molecule has 200 valence electrons. The van der Waals surface area contributed by atoms with E-state index in [0.29, 0.717) is 28.3 Å². The number of carboxylic acids is 1. The predicted molar refractivity (Wildman–Crippen MR) is 150 cm³/mol. The number of halogens is 1. The van der Waals surface area contributed by atoms with E-state index in [4.69, 9.17) is 9.47 Å². The lowest BCUT2D eigenvalue weighted by atomic mass is 9.86. The molecule has 0 aliphatic rings. The number of rotatable bonds is 7. The number of carbonyl (C=O) groups excluding carboxylic acids is 1. The smallest absolute Gasteiger partial charge is 0.339 e. The van der Waals surface area contributed by atoms with Crippen LogP contribution >= 0.6 is 0 Å². The first-order valence-electron chi connectivity index (χ1n) is 12.2. The number of aromatic carboxylic acids is 1. The Bertz CT molecular complexity index is 1530. The van der Waals surface area contributed by atoms with Crippen LogP contribution in [0.25, 0.3) is 11.1 Å². The highest BCUT2D eigenvalue weighted by Gasteiger charge is 2.21. The number of urea groups is 1. The summed E-state index contributed by atoms with van der Waals surface area (Å²) < 4.78 is 25.6. The Morgan fingerprint density at radius 3 is 2.05 bits per heavy atom. The molecule has 4 rings (SSSR count). The standard InChI is InChI=1S/C31H29FN2O5/c1-31(2,3)22-9-5-8-12-27(22)39-28-16-14-20(19-13-15-26(38-4)21(17-19)29(35)36)18-25(28)34-30(37)33-24-11-7-6-10-23(24)32/h5-18H,1-4H3,(H,35,36)(H2,33,34,37). The summed E-state index contributed by atoms with van der Waals surface area (Å²) in [6.07, 6.45) is 0. The summed E-state index contributed by atoms with van der Waals surface area (Å²) in [4.78, 5) is 24.7. The molecule has 4 aromatic carbocycles. The number of nitrogens with one attached hydrogen (secondary N) is 2. The first kappa shape index (κ1) is 27.2. The fraction of sp³-hybridized carbons (Fsp3) is 0.161. The molecule has 0 atom stereocenters. The Morgan fingerprint density at radius 2 is 1.38 bits per heavy atom. The van der Waals surface area contributed by atoms with Crippen molar-refractivity contribution in [3.05, 3.63) is 102 Å². The van der Waals surface area contributed by atoms with Crippen molar-refractivity contribution in [1.29, 1.82) is 0 Å². The van der Waals surface area contributed by atoms with E-state index in [0.717, 1.165) is 5.56 Å². The van der Waals surface area contributed by atoms with Crippen LogP contribution in [0.3, 0.4) is 0 Å². The van der Waals surface area contributed by atoms with Crippen LogP contribution in [0.2, 0.25) is 0 Å². The van der Waals surface area contributed by atoms with Crippen LogP contribution < -0.4 is 20.1 Å². The van der Waals surface area contributed by atoms with Crippen LogP contribution in [0.5, 0.6) is 17.2 Å². The Balaban J connectivity index is 1.75. The minimum Gasteiger partial charge on any atom is -0.496 e. The Kier molecular flexibility index (Phi) is 7.85. The van der Waals surface area contributed by atoms with Crippen LogP contribution in [0.15, 0.2) is 84.9 Å². The lowest BCUT2D eigenvalue weighted by Crippen LogP contribution is -2.20. The molecule has 0 fully saturated rings. The Hall–Kier alpha value is -4.85. The molecule has 0 heterocycles. The fourth-order valence-corrected chi connectivity index (χ4v) is 4.08. The van der Waals surface area contributed by atoms with Gasteiger partial charge in [-0.1, -0.05) is 63.2 Å². The van der Waals surface area contributed by atoms with Gasteiger partial charge in [0.2, 0.25) is 0 Å². The molecule has 7 nitrogen and oxygen atoms in total. The zero-order valence-electron chi connectivity index (χ0n) is 22.0. The lowest BCUT2D eigenvalue weighted by molar-refractivity contribution is 0.0693. The topological polar surface area (TPSA) is 96.9 Å². The van der Waals surface area contributed by atoms with E-state index in [1.807, 2.05) is 24.3 Å². The zero-order chi connectivity index (χ0) is 28.2. The number of ether oxygens (including phenoxy) is 2. The van der Waals surface area contributed by atoms with E-state index in [1.54, 1.807) is 36.4 Å². The number of amides is 2. The summed E-state index contributed by atoms with van der Waals surface area (Å²) in [6, 6.07) is 22.7. The van der Waals surface area contributed by atoms with Gasteiger partial charge in [-0.05, 0) is 59.0 Å². The van der Waals surface area contributed by atoms with Gasteiger partial charge < -0.3 is 25.2 Å². The Labute approximate surface area is 226 Å². The van der Waals surface area contributed by atoms with Gasteiger partial charge in [-0.2, -0.15) is 0 Å². The molecular weight excluding hydrogens is 499 g/mol. The number of para-hydroxylation sites is 2. The number of anilines is 2. The van der Waals surface area contributed by atoms with Crippen molar-refractivity contribution in [2.75, 3.05) is 17.7 Å². The predicted octanol–water partition coefficient (Wildman–Crippen LogP) is 7.93. The van der Waals surface area contributed by atoms with Crippen LogP contribution in [0.1, 0.15) is 36.7 Å². The minimum absolute atomic E-state index is 0.00114. The maximum Gasteiger partial charge on any atom is 0.339 e. The normalized spacial score (nSPS) is 11.0. The summed E-state index contributed by atoms with van der Waals surface area (Å²) in [7, 11) is 1.40. The molecule has 0 aromatic heterocycles. The third-order valence-corrected chi connectivity index (χ3v) is 6.03. The summed E-state index contributed by atoms with van der Waals surface area (Å²) in [6.45, 7) is 6.22.